The molecule has 0 spiro atoms. The van der Waals surface area contributed by atoms with Gasteiger partial charge in [0.25, 0.3) is 5.89 Å². The molecule has 0 saturated heterocycles. The van der Waals surface area contributed by atoms with E-state index in [4.69, 9.17) is 10.3 Å². The second-order valence-corrected chi connectivity index (χ2v) is 5.01. The molecule has 0 aliphatic rings. The van der Waals surface area contributed by atoms with Crippen molar-refractivity contribution in [1.29, 1.82) is 0 Å². The molecule has 21 heavy (non-hydrogen) atoms. The van der Waals surface area contributed by atoms with Crippen LogP contribution in [0.2, 0.25) is 0 Å². The summed E-state index contributed by atoms with van der Waals surface area (Å²) in [6.07, 6.45) is -4.44. The standard InChI is InChI=1S/C13H8F3N3OS/c14-13(15,16)8-1-2-9(10(17)5-8)12-18-11(19-20-12)7-3-4-21-6-7/h1-6H,17H2. The van der Waals surface area contributed by atoms with E-state index in [9.17, 15) is 13.2 Å². The van der Waals surface area contributed by atoms with Crippen LogP contribution in [0.4, 0.5) is 18.9 Å². The van der Waals surface area contributed by atoms with Crippen LogP contribution in [0, 0.1) is 0 Å². The van der Waals surface area contributed by atoms with Crippen LogP contribution in [0.5, 0.6) is 0 Å². The van der Waals surface area contributed by atoms with Crippen molar-refractivity contribution in [3.8, 4) is 22.8 Å². The van der Waals surface area contributed by atoms with E-state index in [0.29, 0.717) is 5.82 Å². The smallest absolute Gasteiger partial charge is 0.398 e. The van der Waals surface area contributed by atoms with Crippen LogP contribution in [-0.2, 0) is 6.18 Å². The average molecular weight is 311 g/mol. The molecule has 8 heteroatoms. The van der Waals surface area contributed by atoms with Crippen molar-refractivity contribution in [1.82, 2.24) is 10.1 Å². The topological polar surface area (TPSA) is 64.9 Å². The van der Waals surface area contributed by atoms with Crippen LogP contribution < -0.4 is 5.73 Å². The lowest BCUT2D eigenvalue weighted by Crippen LogP contribution is -2.06. The summed E-state index contributed by atoms with van der Waals surface area (Å²) in [5.41, 5.74) is 5.82. The maximum absolute atomic E-state index is 12.6. The van der Waals surface area contributed by atoms with Gasteiger partial charge in [0.15, 0.2) is 0 Å². The number of thiophene rings is 1. The lowest BCUT2D eigenvalue weighted by atomic mass is 10.1. The molecule has 0 unspecified atom stereocenters. The first-order valence-corrected chi connectivity index (χ1v) is 6.73. The summed E-state index contributed by atoms with van der Waals surface area (Å²) >= 11 is 1.48. The Morgan fingerprint density at radius 3 is 2.62 bits per heavy atom. The molecule has 0 saturated carbocycles. The lowest BCUT2D eigenvalue weighted by molar-refractivity contribution is -0.137. The second kappa shape index (κ2) is 4.88. The van der Waals surface area contributed by atoms with Crippen LogP contribution >= 0.6 is 11.3 Å². The van der Waals surface area contributed by atoms with Crippen LogP contribution in [-0.4, -0.2) is 10.1 Å². The summed E-state index contributed by atoms with van der Waals surface area (Å²) in [5, 5.41) is 7.49. The number of aromatic nitrogens is 2. The number of halogens is 3. The van der Waals surface area contributed by atoms with Crippen molar-refractivity contribution in [2.24, 2.45) is 0 Å². The van der Waals surface area contributed by atoms with Gasteiger partial charge in [0.05, 0.1) is 11.1 Å². The van der Waals surface area contributed by atoms with Crippen molar-refractivity contribution in [2.45, 2.75) is 6.18 Å². The molecule has 0 amide bonds. The van der Waals surface area contributed by atoms with Gasteiger partial charge >= 0.3 is 6.18 Å². The second-order valence-electron chi connectivity index (χ2n) is 4.23. The Balaban J connectivity index is 1.98. The summed E-state index contributed by atoms with van der Waals surface area (Å²) in [7, 11) is 0. The Kier molecular flexibility index (Phi) is 3.17. The molecule has 0 aliphatic carbocycles. The molecule has 3 rings (SSSR count). The number of benzene rings is 1. The number of nitrogen functional groups attached to an aromatic ring is 1. The van der Waals surface area contributed by atoms with Gasteiger partial charge in [-0.05, 0) is 29.6 Å². The third-order valence-electron chi connectivity index (χ3n) is 2.81. The summed E-state index contributed by atoms with van der Waals surface area (Å²) < 4.78 is 42.8. The Hall–Kier alpha value is -2.35. The van der Waals surface area contributed by atoms with E-state index < -0.39 is 11.7 Å². The van der Waals surface area contributed by atoms with Crippen molar-refractivity contribution in [3.63, 3.8) is 0 Å². The van der Waals surface area contributed by atoms with Crippen molar-refractivity contribution in [3.05, 3.63) is 40.6 Å². The highest BCUT2D eigenvalue weighted by atomic mass is 32.1. The molecule has 2 aromatic heterocycles. The number of nitrogens with zero attached hydrogens (tertiary/aromatic N) is 2. The Bertz CT molecular complexity index is 765. The SMILES string of the molecule is Nc1cc(C(F)(F)F)ccc1-c1nc(-c2ccsc2)no1. The number of nitrogens with two attached hydrogens (primary N) is 1. The summed E-state index contributed by atoms with van der Waals surface area (Å²) in [6, 6.07) is 4.82. The number of rotatable bonds is 2. The molecule has 2 heterocycles. The van der Waals surface area contributed by atoms with Crippen LogP contribution in [0.1, 0.15) is 5.56 Å². The molecular weight excluding hydrogens is 303 g/mol. The monoisotopic (exact) mass is 311 g/mol. The first-order valence-electron chi connectivity index (χ1n) is 5.78. The number of anilines is 1. The molecule has 0 bridgehead atoms. The molecule has 1 aromatic carbocycles. The van der Waals surface area contributed by atoms with Gasteiger partial charge in [-0.3, -0.25) is 0 Å². The van der Waals surface area contributed by atoms with Crippen molar-refractivity contribution in [2.75, 3.05) is 5.73 Å². The molecule has 2 N–H and O–H groups in total. The fourth-order valence-corrected chi connectivity index (χ4v) is 2.41. The predicted octanol–water partition coefficient (Wildman–Crippen LogP) is 4.07. The van der Waals surface area contributed by atoms with E-state index in [1.807, 2.05) is 16.8 Å². The zero-order valence-corrected chi connectivity index (χ0v) is 11.2. The van der Waals surface area contributed by atoms with Gasteiger partial charge in [0.2, 0.25) is 5.82 Å². The first kappa shape index (κ1) is 13.6. The summed E-state index contributed by atoms with van der Waals surface area (Å²) in [6.45, 7) is 0. The highest BCUT2D eigenvalue weighted by Gasteiger charge is 2.31. The Morgan fingerprint density at radius 2 is 2.00 bits per heavy atom. The number of hydrogen-bond acceptors (Lipinski definition) is 5. The molecule has 4 nitrogen and oxygen atoms in total. The molecule has 0 atom stereocenters. The fraction of sp³-hybridized carbons (Fsp3) is 0.0769. The summed E-state index contributed by atoms with van der Waals surface area (Å²) in [4.78, 5) is 4.14. The maximum Gasteiger partial charge on any atom is 0.416 e. The number of hydrogen-bond donors (Lipinski definition) is 1. The highest BCUT2D eigenvalue weighted by Crippen LogP contribution is 2.34. The molecule has 0 fully saturated rings. The third-order valence-corrected chi connectivity index (χ3v) is 3.50. The normalized spacial score (nSPS) is 11.8. The Morgan fingerprint density at radius 1 is 1.19 bits per heavy atom. The minimum absolute atomic E-state index is 0.0645. The van der Waals surface area contributed by atoms with Crippen LogP contribution in [0.15, 0.2) is 39.5 Å². The maximum atomic E-state index is 12.6. The van der Waals surface area contributed by atoms with Gasteiger partial charge < -0.3 is 10.3 Å². The molecule has 0 aliphatic heterocycles. The highest BCUT2D eigenvalue weighted by molar-refractivity contribution is 7.08. The van der Waals surface area contributed by atoms with E-state index in [0.717, 1.165) is 17.7 Å². The lowest BCUT2D eigenvalue weighted by Gasteiger charge is -2.08. The predicted molar refractivity (Wildman–Crippen MR) is 72.5 cm³/mol. The first-order chi connectivity index (χ1) is 9.95. The van der Waals surface area contributed by atoms with Crippen molar-refractivity contribution >= 4 is 17.0 Å². The van der Waals surface area contributed by atoms with Gasteiger partial charge in [-0.15, -0.1) is 0 Å². The van der Waals surface area contributed by atoms with E-state index >= 15 is 0 Å². The number of alkyl halides is 3. The molecule has 0 radical (unpaired) electrons. The Labute approximate surface area is 121 Å². The van der Waals surface area contributed by atoms with Crippen molar-refractivity contribution < 1.29 is 17.7 Å². The van der Waals surface area contributed by atoms with Crippen LogP contribution in [0.25, 0.3) is 22.8 Å². The zero-order chi connectivity index (χ0) is 15.0. The van der Waals surface area contributed by atoms with E-state index in [2.05, 4.69) is 10.1 Å². The van der Waals surface area contributed by atoms with Gasteiger partial charge in [0.1, 0.15) is 0 Å². The largest absolute Gasteiger partial charge is 0.416 e. The van der Waals surface area contributed by atoms with Gasteiger partial charge in [-0.2, -0.15) is 29.5 Å². The fourth-order valence-electron chi connectivity index (χ4n) is 1.78. The molecule has 108 valence electrons. The van der Waals surface area contributed by atoms with Gasteiger partial charge in [-0.25, -0.2) is 0 Å². The summed E-state index contributed by atoms with van der Waals surface area (Å²) in [5.74, 6) is 0.452. The average Bonchev–Trinajstić information content (AvgIpc) is 3.08. The van der Waals surface area contributed by atoms with E-state index in [1.165, 1.54) is 17.4 Å². The third kappa shape index (κ3) is 2.62. The quantitative estimate of drug-likeness (QED) is 0.725. The van der Waals surface area contributed by atoms with E-state index in [-0.39, 0.29) is 17.1 Å². The zero-order valence-electron chi connectivity index (χ0n) is 10.4. The minimum atomic E-state index is -4.44. The van der Waals surface area contributed by atoms with E-state index in [1.54, 1.807) is 0 Å². The van der Waals surface area contributed by atoms with Gasteiger partial charge in [0, 0.05) is 16.6 Å². The molecule has 3 aromatic rings. The van der Waals surface area contributed by atoms with Gasteiger partial charge in [-0.1, -0.05) is 5.16 Å². The molecular formula is C13H8F3N3OS. The minimum Gasteiger partial charge on any atom is -0.398 e. The van der Waals surface area contributed by atoms with Crippen LogP contribution in [0.3, 0.4) is 0 Å².